The molecule has 4 rings (SSSR count). The summed E-state index contributed by atoms with van der Waals surface area (Å²) in [6, 6.07) is 8.77. The Labute approximate surface area is 222 Å². The molecule has 2 N–H and O–H groups in total. The highest BCUT2D eigenvalue weighted by Gasteiger charge is 2.51. The van der Waals surface area contributed by atoms with E-state index in [-0.39, 0.29) is 23.4 Å². The molecule has 0 saturated carbocycles. The van der Waals surface area contributed by atoms with E-state index in [2.05, 4.69) is 10.6 Å². The van der Waals surface area contributed by atoms with Crippen LogP contribution in [0.1, 0.15) is 27.0 Å². The predicted octanol–water partition coefficient (Wildman–Crippen LogP) is -2.59. The molecule has 4 amide bonds. The van der Waals surface area contributed by atoms with Crippen molar-refractivity contribution in [1.82, 2.24) is 15.5 Å². The van der Waals surface area contributed by atoms with E-state index in [1.807, 2.05) is 0 Å². The molecule has 0 radical (unpaired) electrons. The number of nitrogens with one attached hydrogen (secondary N) is 2. The summed E-state index contributed by atoms with van der Waals surface area (Å²) in [6.45, 7) is 0.111. The summed E-state index contributed by atoms with van der Waals surface area (Å²) in [7, 11) is 8.39. The van der Waals surface area contributed by atoms with Crippen LogP contribution in [0.2, 0.25) is 16.1 Å². The summed E-state index contributed by atoms with van der Waals surface area (Å²) in [5.41, 5.74) is 1.01. The zero-order valence-corrected chi connectivity index (χ0v) is 21.9. The van der Waals surface area contributed by atoms with Gasteiger partial charge in [-0.1, -0.05) is 35.9 Å². The quantitative estimate of drug-likeness (QED) is 0.334. The van der Waals surface area contributed by atoms with E-state index in [1.165, 1.54) is 17.0 Å². The number of benzene rings is 2. The first kappa shape index (κ1) is 27.0. The topological polar surface area (TPSA) is 95.6 Å². The number of piperidine rings is 1. The zero-order valence-electron chi connectivity index (χ0n) is 21.1. The van der Waals surface area contributed by atoms with Gasteiger partial charge >= 0.3 is 5.92 Å². The fourth-order valence-corrected chi connectivity index (χ4v) is 4.89. The van der Waals surface area contributed by atoms with E-state index in [0.29, 0.717) is 16.7 Å². The van der Waals surface area contributed by atoms with Crippen molar-refractivity contribution in [2.24, 2.45) is 0 Å². The largest absolute Gasteiger partial charge is 0.357 e. The summed E-state index contributed by atoms with van der Waals surface area (Å²) in [5, 5.41) is 2.98. The van der Waals surface area contributed by atoms with Gasteiger partial charge in [0.15, 0.2) is 0 Å². The Morgan fingerprint density at radius 2 is 1.68 bits per heavy atom. The molecule has 2 heterocycles. The van der Waals surface area contributed by atoms with Gasteiger partial charge < -0.3 is 10.2 Å². The van der Waals surface area contributed by atoms with E-state index >= 15 is 0 Å². The van der Waals surface area contributed by atoms with E-state index in [0.717, 1.165) is 12.1 Å². The van der Waals surface area contributed by atoms with E-state index in [4.69, 9.17) is 11.6 Å². The first-order valence-corrected chi connectivity index (χ1v) is 12.2. The lowest BCUT2D eigenvalue weighted by Crippen LogP contribution is -2.61. The molecular weight excluding hydrogens is 498 g/mol. The van der Waals surface area contributed by atoms with Crippen molar-refractivity contribution in [3.63, 3.8) is 0 Å². The average Bonchev–Trinajstić information content (AvgIpc) is 3.13. The van der Waals surface area contributed by atoms with Gasteiger partial charge in [0.25, 0.3) is 11.8 Å². The molecule has 2 unspecified atom stereocenters. The van der Waals surface area contributed by atoms with Crippen molar-refractivity contribution in [2.45, 2.75) is 34.9 Å². The van der Waals surface area contributed by atoms with E-state index < -0.39 is 45.7 Å². The van der Waals surface area contributed by atoms with Crippen LogP contribution in [-0.4, -0.2) is 73.8 Å². The Balaban J connectivity index is 1.57. The van der Waals surface area contributed by atoms with Gasteiger partial charge in [0.05, 0.1) is 0 Å². The Hall–Kier alpha value is -3.01. The van der Waals surface area contributed by atoms with Crippen LogP contribution in [0.4, 0.5) is 8.78 Å². The summed E-state index contributed by atoms with van der Waals surface area (Å²) < 4.78 is 29.7. The zero-order chi connectivity index (χ0) is 27.5. The number of fused-ring (bicyclic) bond motifs is 1. The van der Waals surface area contributed by atoms with E-state index in [1.54, 1.807) is 57.4 Å². The number of carbonyl (C=O) groups excluding carboxylic acids is 4. The maximum absolute atomic E-state index is 14.9. The third kappa shape index (κ3) is 4.60. The van der Waals surface area contributed by atoms with Crippen LogP contribution < -0.4 is 10.6 Å². The molecule has 2 aromatic carbocycles. The van der Waals surface area contributed by atoms with Gasteiger partial charge in [-0.05, 0) is 40.4 Å². The minimum absolute atomic E-state index is 0.111. The maximum Gasteiger partial charge on any atom is 0.349 e. The fourth-order valence-electron chi connectivity index (χ4n) is 4.77. The molecule has 0 spiro atoms. The highest BCUT2D eigenvalue weighted by atomic mass is 35.5. The molecule has 2 aliphatic rings. The minimum Gasteiger partial charge on any atom is -0.357 e. The number of rotatable bonds is 5. The van der Waals surface area contributed by atoms with Crippen molar-refractivity contribution in [2.75, 3.05) is 0 Å². The maximum atomic E-state index is 14.9. The first-order valence-electron chi connectivity index (χ1n) is 11.8. The third-order valence-electron chi connectivity index (χ3n) is 7.62. The molecule has 186 valence electrons. The average molecular weight is 521 g/mol. The molecule has 2 atom stereocenters. The van der Waals surface area contributed by atoms with Crippen molar-refractivity contribution >= 4 is 74.5 Å². The molecular formula is C22H23B5ClF2N3O4. The highest BCUT2D eigenvalue weighted by Crippen LogP contribution is 2.42. The van der Waals surface area contributed by atoms with Crippen molar-refractivity contribution in [1.29, 1.82) is 0 Å². The predicted molar refractivity (Wildman–Crippen MR) is 148 cm³/mol. The summed E-state index contributed by atoms with van der Waals surface area (Å²) in [4.78, 5) is 52.3. The second kappa shape index (κ2) is 9.08. The molecule has 0 bridgehead atoms. The second-order valence-electron chi connectivity index (χ2n) is 10.7. The van der Waals surface area contributed by atoms with Crippen molar-refractivity contribution < 1.29 is 28.0 Å². The second-order valence-corrected chi connectivity index (χ2v) is 11.2. The van der Waals surface area contributed by atoms with E-state index in [9.17, 15) is 28.0 Å². The number of amides is 4. The van der Waals surface area contributed by atoms with Crippen LogP contribution >= 0.6 is 11.6 Å². The van der Waals surface area contributed by atoms with Crippen LogP contribution in [0.25, 0.3) is 0 Å². The molecule has 0 aliphatic carbocycles. The first-order chi connectivity index (χ1) is 17.1. The Morgan fingerprint density at radius 1 is 1.08 bits per heavy atom. The SMILES string of the molecule is BC1C(N2Cc3cc(C(B)(B)NC(=O)C(F)(F)c4ccc(Cl)cc4)ccc3C2=O)C(=O)NC(=O)C1(B)B. The lowest BCUT2D eigenvalue weighted by Gasteiger charge is -2.43. The number of hydrogen-bond acceptors (Lipinski definition) is 4. The number of nitrogens with zero attached hydrogens (tertiary/aromatic N) is 1. The molecule has 2 aliphatic heterocycles. The highest BCUT2D eigenvalue weighted by molar-refractivity contribution is 6.56. The minimum atomic E-state index is -3.79. The molecule has 2 aromatic rings. The number of alkyl halides is 2. The van der Waals surface area contributed by atoms with Crippen molar-refractivity contribution in [3.8, 4) is 0 Å². The smallest absolute Gasteiger partial charge is 0.349 e. The number of imide groups is 1. The van der Waals surface area contributed by atoms with Gasteiger partial charge in [0, 0.05) is 28.0 Å². The van der Waals surface area contributed by atoms with Gasteiger partial charge in [0.2, 0.25) is 11.8 Å². The van der Waals surface area contributed by atoms with Crippen LogP contribution in [0.3, 0.4) is 0 Å². The van der Waals surface area contributed by atoms with Gasteiger partial charge in [-0.15, -0.1) is 0 Å². The number of carbonyl (C=O) groups is 4. The normalized spacial score (nSPS) is 21.4. The lowest BCUT2D eigenvalue weighted by atomic mass is 9.40. The summed E-state index contributed by atoms with van der Waals surface area (Å²) in [6.07, 6.45) is 0. The molecule has 0 aromatic heterocycles. The Bertz CT molecular complexity index is 1330. The summed E-state index contributed by atoms with van der Waals surface area (Å²) in [5.74, 6) is -6.97. The van der Waals surface area contributed by atoms with Gasteiger partial charge in [-0.25, -0.2) is 0 Å². The molecule has 15 heteroatoms. The molecule has 1 fully saturated rings. The Morgan fingerprint density at radius 3 is 2.30 bits per heavy atom. The van der Waals surface area contributed by atoms with Crippen LogP contribution in [0.15, 0.2) is 42.5 Å². The van der Waals surface area contributed by atoms with Gasteiger partial charge in [-0.2, -0.15) is 8.78 Å². The molecule has 7 nitrogen and oxygen atoms in total. The van der Waals surface area contributed by atoms with Crippen LogP contribution in [-0.2, 0) is 32.2 Å². The van der Waals surface area contributed by atoms with Crippen molar-refractivity contribution in [3.05, 3.63) is 69.7 Å². The van der Waals surface area contributed by atoms with Crippen LogP contribution in [0, 0.1) is 0 Å². The number of hydrogen-bond donors (Lipinski definition) is 2. The monoisotopic (exact) mass is 521 g/mol. The van der Waals surface area contributed by atoms with Gasteiger partial charge in [-0.3, -0.25) is 24.5 Å². The standard InChI is InChI=1S/C22H23B5ClF2N3O4/c23-15-14(16(34)31-18(36)20(15,24)25)33-8-9-7-11(3-6-13(9)17(33)35)22(26,27)32-19(37)21(29,30)10-1-4-12(28)5-2-10/h1-7,14-15H,8,23-27H2,(H,32,37)(H,31,34,36). The third-order valence-corrected chi connectivity index (χ3v) is 7.87. The molecule has 1 saturated heterocycles. The summed E-state index contributed by atoms with van der Waals surface area (Å²) >= 11 is 5.77. The van der Waals surface area contributed by atoms with Crippen LogP contribution in [0.5, 0.6) is 0 Å². The fraction of sp³-hybridized carbons (Fsp3) is 0.273. The molecule has 37 heavy (non-hydrogen) atoms. The number of halogens is 3. The Kier molecular flexibility index (Phi) is 6.63. The van der Waals surface area contributed by atoms with Gasteiger partial charge in [0.1, 0.15) is 45.3 Å². The lowest BCUT2D eigenvalue weighted by molar-refractivity contribution is -0.147.